The Kier molecular flexibility index (Phi) is 5.29. The summed E-state index contributed by atoms with van der Waals surface area (Å²) < 4.78 is 28.5. The number of rotatable bonds is 4. The first-order chi connectivity index (χ1) is 9.54. The Morgan fingerprint density at radius 2 is 1.80 bits per heavy atom. The molecule has 2 rings (SSSR count). The summed E-state index contributed by atoms with van der Waals surface area (Å²) in [5, 5.41) is 3.08. The monoisotopic (exact) mass is 403 g/mol. The van der Waals surface area contributed by atoms with Crippen molar-refractivity contribution in [3.8, 4) is 0 Å². The molecule has 5 heteroatoms. The predicted octanol–water partition coefficient (Wildman–Crippen LogP) is 4.99. The van der Waals surface area contributed by atoms with Gasteiger partial charge < -0.3 is 5.32 Å². The number of likely N-dealkylation sites (N-methyl/N-ethyl adjacent to an activating group) is 1. The fourth-order valence-corrected chi connectivity index (χ4v) is 2.89. The van der Waals surface area contributed by atoms with Gasteiger partial charge in [-0.3, -0.25) is 0 Å². The van der Waals surface area contributed by atoms with Crippen molar-refractivity contribution < 1.29 is 8.78 Å². The molecule has 0 aliphatic rings. The molecule has 0 aliphatic carbocycles. The van der Waals surface area contributed by atoms with Gasteiger partial charge in [0.1, 0.15) is 11.6 Å². The van der Waals surface area contributed by atoms with Gasteiger partial charge in [0.2, 0.25) is 0 Å². The van der Waals surface area contributed by atoms with Gasteiger partial charge >= 0.3 is 0 Å². The minimum Gasteiger partial charge on any atom is -0.313 e. The lowest BCUT2D eigenvalue weighted by molar-refractivity contribution is 0.528. The third kappa shape index (κ3) is 3.27. The van der Waals surface area contributed by atoms with Crippen molar-refractivity contribution in [2.24, 2.45) is 0 Å². The molecule has 106 valence electrons. The molecule has 1 atom stereocenters. The van der Waals surface area contributed by atoms with E-state index in [0.29, 0.717) is 20.9 Å². The first-order valence-electron chi connectivity index (χ1n) is 6.08. The zero-order valence-electron chi connectivity index (χ0n) is 10.8. The van der Waals surface area contributed by atoms with Crippen LogP contribution in [0.25, 0.3) is 0 Å². The van der Waals surface area contributed by atoms with Crippen LogP contribution in [0.5, 0.6) is 0 Å². The minimum absolute atomic E-state index is 0.231. The summed E-state index contributed by atoms with van der Waals surface area (Å²) in [6.45, 7) is 0. The molecule has 20 heavy (non-hydrogen) atoms. The summed E-state index contributed by atoms with van der Waals surface area (Å²) in [7, 11) is 1.76. The summed E-state index contributed by atoms with van der Waals surface area (Å²) in [4.78, 5) is 0. The van der Waals surface area contributed by atoms with Gasteiger partial charge in [0.15, 0.2) is 0 Å². The number of hydrogen-bond acceptors (Lipinski definition) is 1. The van der Waals surface area contributed by atoms with E-state index in [1.54, 1.807) is 31.3 Å². The molecular formula is C15H13Br2F2N. The van der Waals surface area contributed by atoms with Crippen LogP contribution < -0.4 is 5.32 Å². The molecule has 1 nitrogen and oxygen atoms in total. The molecule has 2 aromatic carbocycles. The fourth-order valence-electron chi connectivity index (χ4n) is 2.08. The average Bonchev–Trinajstić information content (AvgIpc) is 2.44. The van der Waals surface area contributed by atoms with Gasteiger partial charge in [-0.25, -0.2) is 8.78 Å². The lowest BCUT2D eigenvalue weighted by Gasteiger charge is -2.19. The summed E-state index contributed by atoms with van der Waals surface area (Å²) >= 11 is 6.42. The normalized spacial score (nSPS) is 12.4. The molecule has 1 N–H and O–H groups in total. The van der Waals surface area contributed by atoms with Gasteiger partial charge in [0.05, 0.1) is 8.95 Å². The molecule has 0 fully saturated rings. The summed E-state index contributed by atoms with van der Waals surface area (Å²) in [5.74, 6) is -0.605. The molecule has 0 aliphatic heterocycles. The lowest BCUT2D eigenvalue weighted by atomic mass is 9.98. The van der Waals surface area contributed by atoms with Gasteiger partial charge in [-0.05, 0) is 63.0 Å². The molecule has 0 amide bonds. The second-order valence-corrected chi connectivity index (χ2v) is 6.05. The Bertz CT molecular complexity index is 617. The van der Waals surface area contributed by atoms with Crippen molar-refractivity contribution in [3.05, 3.63) is 68.1 Å². The summed E-state index contributed by atoms with van der Waals surface area (Å²) in [6, 6.07) is 9.81. The van der Waals surface area contributed by atoms with Gasteiger partial charge in [-0.15, -0.1) is 0 Å². The highest BCUT2D eigenvalue weighted by molar-refractivity contribution is 9.10. The van der Waals surface area contributed by atoms with Crippen LogP contribution in [0.2, 0.25) is 0 Å². The molecule has 0 radical (unpaired) electrons. The first-order valence-corrected chi connectivity index (χ1v) is 7.67. The Morgan fingerprint density at radius 1 is 1.10 bits per heavy atom. The quantitative estimate of drug-likeness (QED) is 0.756. The van der Waals surface area contributed by atoms with E-state index < -0.39 is 0 Å². The van der Waals surface area contributed by atoms with Crippen LogP contribution in [0.3, 0.4) is 0 Å². The molecule has 0 spiro atoms. The molecule has 0 saturated carbocycles. The van der Waals surface area contributed by atoms with Gasteiger partial charge in [-0.1, -0.05) is 24.3 Å². The molecule has 0 heterocycles. The maximum absolute atomic E-state index is 14.1. The van der Waals surface area contributed by atoms with Crippen LogP contribution in [-0.4, -0.2) is 7.05 Å². The fraction of sp³-hybridized carbons (Fsp3) is 0.200. The third-order valence-electron chi connectivity index (χ3n) is 3.16. The van der Waals surface area contributed by atoms with Crippen LogP contribution in [-0.2, 0) is 6.42 Å². The van der Waals surface area contributed by atoms with Crippen LogP contribution in [0.4, 0.5) is 8.78 Å². The van der Waals surface area contributed by atoms with Crippen LogP contribution in [0.15, 0.2) is 45.3 Å². The number of nitrogens with one attached hydrogen (secondary N) is 1. The average molecular weight is 405 g/mol. The van der Waals surface area contributed by atoms with E-state index in [2.05, 4.69) is 37.2 Å². The molecular weight excluding hydrogens is 392 g/mol. The molecule has 0 bridgehead atoms. The maximum Gasteiger partial charge on any atom is 0.142 e. The molecule has 0 aromatic heterocycles. The Balaban J connectivity index is 2.34. The van der Waals surface area contributed by atoms with E-state index in [1.807, 2.05) is 6.07 Å². The topological polar surface area (TPSA) is 12.0 Å². The molecule has 2 aromatic rings. The summed E-state index contributed by atoms with van der Waals surface area (Å²) in [6.07, 6.45) is 0.488. The van der Waals surface area contributed by atoms with Crippen LogP contribution >= 0.6 is 31.9 Å². The summed E-state index contributed by atoms with van der Waals surface area (Å²) in [5.41, 5.74) is 1.35. The standard InChI is InChI=1S/C15H13Br2F2N/c1-20-13(10-5-3-6-11(16)15(10)19)8-9-4-2-7-12(18)14(9)17/h2-7,13,20H,8H2,1H3. The number of hydrogen-bond donors (Lipinski definition) is 1. The van der Waals surface area contributed by atoms with Crippen molar-refractivity contribution >= 4 is 31.9 Å². The minimum atomic E-state index is -0.313. The van der Waals surface area contributed by atoms with E-state index in [9.17, 15) is 8.78 Å². The van der Waals surface area contributed by atoms with Crippen LogP contribution in [0.1, 0.15) is 17.2 Å². The second-order valence-electron chi connectivity index (χ2n) is 4.40. The van der Waals surface area contributed by atoms with Gasteiger partial charge in [0, 0.05) is 11.6 Å². The third-order valence-corrected chi connectivity index (χ3v) is 4.66. The Hall–Kier alpha value is -0.780. The number of benzene rings is 2. The molecule has 1 unspecified atom stereocenters. The SMILES string of the molecule is CNC(Cc1cccc(F)c1Br)c1cccc(Br)c1F. The zero-order chi connectivity index (χ0) is 14.7. The van der Waals surface area contributed by atoms with E-state index in [-0.39, 0.29) is 17.7 Å². The van der Waals surface area contributed by atoms with E-state index in [4.69, 9.17) is 0 Å². The highest BCUT2D eigenvalue weighted by Gasteiger charge is 2.18. The Labute approximate surface area is 133 Å². The smallest absolute Gasteiger partial charge is 0.142 e. The van der Waals surface area contributed by atoms with Crippen LogP contribution in [0, 0.1) is 11.6 Å². The van der Waals surface area contributed by atoms with Crippen molar-refractivity contribution in [1.82, 2.24) is 5.32 Å². The maximum atomic E-state index is 14.1. The highest BCUT2D eigenvalue weighted by atomic mass is 79.9. The van der Waals surface area contributed by atoms with Gasteiger partial charge in [-0.2, -0.15) is 0 Å². The second kappa shape index (κ2) is 6.78. The highest BCUT2D eigenvalue weighted by Crippen LogP contribution is 2.29. The largest absolute Gasteiger partial charge is 0.313 e. The predicted molar refractivity (Wildman–Crippen MR) is 83.7 cm³/mol. The van der Waals surface area contributed by atoms with E-state index in [0.717, 1.165) is 5.56 Å². The van der Waals surface area contributed by atoms with Crippen molar-refractivity contribution in [3.63, 3.8) is 0 Å². The van der Waals surface area contributed by atoms with E-state index in [1.165, 1.54) is 6.07 Å². The Morgan fingerprint density at radius 3 is 2.50 bits per heavy atom. The molecule has 0 saturated heterocycles. The zero-order valence-corrected chi connectivity index (χ0v) is 13.9. The van der Waals surface area contributed by atoms with Crippen molar-refractivity contribution in [1.29, 1.82) is 0 Å². The van der Waals surface area contributed by atoms with E-state index >= 15 is 0 Å². The number of halogens is 4. The van der Waals surface area contributed by atoms with Gasteiger partial charge in [0.25, 0.3) is 0 Å². The van der Waals surface area contributed by atoms with Crippen molar-refractivity contribution in [2.45, 2.75) is 12.5 Å². The first kappa shape index (κ1) is 15.6. The lowest BCUT2D eigenvalue weighted by Crippen LogP contribution is -2.20. The van der Waals surface area contributed by atoms with Crippen molar-refractivity contribution in [2.75, 3.05) is 7.05 Å².